The Bertz CT molecular complexity index is 76.2. The molecule has 0 nitrogen and oxygen atoms in total. The van der Waals surface area contributed by atoms with E-state index in [9.17, 15) is 0 Å². The van der Waals surface area contributed by atoms with Gasteiger partial charge in [-0.2, -0.15) is 0 Å². The van der Waals surface area contributed by atoms with Crippen molar-refractivity contribution in [2.45, 2.75) is 38.3 Å². The second-order valence-electron chi connectivity index (χ2n) is 3.86. The standard InChI is InChI=1S/2C4H9.Al.ClH.Ni/c2*1-4(2)3;;;/h2*4H,1H2,2-3H3;;1H;/q;;+1;;/p-1. The van der Waals surface area contributed by atoms with E-state index in [4.69, 9.17) is 10.0 Å². The first-order valence-electron chi connectivity index (χ1n) is 4.16. The fourth-order valence-corrected chi connectivity index (χ4v) is 5.50. The normalized spacial score (nSPS) is 10.1. The summed E-state index contributed by atoms with van der Waals surface area (Å²) in [5.41, 5.74) is 0. The molecule has 11 heavy (non-hydrogen) atoms. The molecule has 0 N–H and O–H groups in total. The van der Waals surface area contributed by atoms with Crippen LogP contribution in [0.25, 0.3) is 0 Å². The summed E-state index contributed by atoms with van der Waals surface area (Å²) < 4.78 is 0. The monoisotopic (exact) mass is 234 g/mol. The molecule has 0 fully saturated rings. The zero-order valence-electron chi connectivity index (χ0n) is 7.84. The van der Waals surface area contributed by atoms with Crippen molar-refractivity contribution in [3.63, 3.8) is 0 Å². The summed E-state index contributed by atoms with van der Waals surface area (Å²) in [5.74, 6) is 1.60. The second-order valence-corrected chi connectivity index (χ2v) is 7.85. The molecule has 0 saturated heterocycles. The Labute approximate surface area is 89.6 Å². The number of hydrogen-bond acceptors (Lipinski definition) is 0. The van der Waals surface area contributed by atoms with Crippen LogP contribution < -0.4 is 0 Å². The quantitative estimate of drug-likeness (QED) is 0.654. The molecule has 70 valence electrons. The Morgan fingerprint density at radius 1 is 1.00 bits per heavy atom. The van der Waals surface area contributed by atoms with E-state index in [1.165, 1.54) is 10.6 Å². The van der Waals surface area contributed by atoms with Crippen molar-refractivity contribution >= 4 is 23.3 Å². The van der Waals surface area contributed by atoms with Gasteiger partial charge in [0.25, 0.3) is 0 Å². The van der Waals surface area contributed by atoms with Crippen molar-refractivity contribution in [1.82, 2.24) is 0 Å². The molecule has 0 saturated carbocycles. The van der Waals surface area contributed by atoms with Crippen LogP contribution in [0.1, 0.15) is 27.7 Å². The van der Waals surface area contributed by atoms with Crippen LogP contribution in [0, 0.1) is 11.8 Å². The zero-order chi connectivity index (χ0) is 8.15. The van der Waals surface area contributed by atoms with Gasteiger partial charge in [-0.1, -0.05) is 50.1 Å². The minimum Gasteiger partial charge on any atom is -0.261 e. The van der Waals surface area contributed by atoms with Gasteiger partial charge in [0.2, 0.25) is 0 Å². The first-order chi connectivity index (χ1) is 4.52. The van der Waals surface area contributed by atoms with Crippen molar-refractivity contribution in [3.8, 4) is 0 Å². The minimum atomic E-state index is -0.846. The third kappa shape index (κ3) is 11.3. The van der Waals surface area contributed by atoms with Crippen LogP contribution in [-0.2, 0) is 16.5 Å². The third-order valence-corrected chi connectivity index (χ3v) is 5.43. The summed E-state index contributed by atoms with van der Waals surface area (Å²) >= 11 is -0.846. The van der Waals surface area contributed by atoms with E-state index < -0.39 is 13.2 Å². The molecule has 0 aromatic carbocycles. The third-order valence-electron chi connectivity index (χ3n) is 1.45. The Morgan fingerprint density at radius 3 is 1.45 bits per heavy atom. The van der Waals surface area contributed by atoms with Gasteiger partial charge in [-0.05, 0) is 0 Å². The van der Waals surface area contributed by atoms with Crippen LogP contribution in [0.15, 0.2) is 0 Å². The fourth-order valence-electron chi connectivity index (χ4n) is 1.12. The molecular weight excluding hydrogens is 217 g/mol. The molecule has 0 heterocycles. The van der Waals surface area contributed by atoms with Crippen molar-refractivity contribution in [1.29, 1.82) is 0 Å². The Balaban J connectivity index is 0. The van der Waals surface area contributed by atoms with Crippen LogP contribution in [0.5, 0.6) is 0 Å². The van der Waals surface area contributed by atoms with Gasteiger partial charge in [0.15, 0.2) is 0 Å². The number of halogens is 1. The molecule has 0 bridgehead atoms. The summed E-state index contributed by atoms with van der Waals surface area (Å²) in [6, 6.07) is 0. The molecule has 0 aliphatic heterocycles. The van der Waals surface area contributed by atoms with Crippen LogP contribution in [0.3, 0.4) is 0 Å². The molecule has 0 atom stereocenters. The van der Waals surface area contributed by atoms with Gasteiger partial charge in [0.05, 0.1) is 0 Å². The van der Waals surface area contributed by atoms with Gasteiger partial charge in [-0.25, -0.2) is 0 Å². The van der Waals surface area contributed by atoms with E-state index in [1.54, 1.807) is 0 Å². The maximum Gasteiger partial charge on any atom is 0.400 e. The van der Waals surface area contributed by atoms with Crippen molar-refractivity contribution in [2.24, 2.45) is 11.8 Å². The van der Waals surface area contributed by atoms with Crippen LogP contribution >= 0.6 is 10.0 Å². The average molecular weight is 235 g/mol. The predicted molar refractivity (Wildman–Crippen MR) is 50.9 cm³/mol. The molecule has 0 aromatic heterocycles. The first-order valence-corrected chi connectivity index (χ1v) is 7.54. The molecule has 0 aliphatic rings. The average Bonchev–Trinajstić information content (AvgIpc) is 1.58. The number of hydrogen-bond donors (Lipinski definition) is 0. The summed E-state index contributed by atoms with van der Waals surface area (Å²) in [6.07, 6.45) is 0. The van der Waals surface area contributed by atoms with Crippen molar-refractivity contribution < 1.29 is 16.5 Å². The first kappa shape index (κ1) is 14.8. The van der Waals surface area contributed by atoms with Gasteiger partial charge < -0.3 is 0 Å². The second kappa shape index (κ2) is 7.94. The maximum absolute atomic E-state index is 6.21. The Hall–Kier alpha value is 1.32. The molecule has 0 amide bonds. The summed E-state index contributed by atoms with van der Waals surface area (Å²) in [5, 5.41) is 2.58. The van der Waals surface area contributed by atoms with E-state index >= 15 is 0 Å². The van der Waals surface area contributed by atoms with Gasteiger partial charge in [0, 0.05) is 16.5 Å². The van der Waals surface area contributed by atoms with Gasteiger partial charge in [-0.15, -0.1) is 0 Å². The van der Waals surface area contributed by atoms with Crippen LogP contribution in [0.2, 0.25) is 10.6 Å². The minimum absolute atomic E-state index is 0. The Kier molecular flexibility index (Phi) is 10.7. The van der Waals surface area contributed by atoms with E-state index in [0.29, 0.717) is 0 Å². The summed E-state index contributed by atoms with van der Waals surface area (Å²) in [7, 11) is 6.21. The largest absolute Gasteiger partial charge is 0.400 e. The molecule has 0 rings (SSSR count). The molecule has 0 aliphatic carbocycles. The molecule has 0 radical (unpaired) electrons. The molecule has 0 spiro atoms. The van der Waals surface area contributed by atoms with E-state index in [0.717, 1.165) is 11.8 Å². The van der Waals surface area contributed by atoms with E-state index in [1.807, 2.05) is 0 Å². The van der Waals surface area contributed by atoms with Crippen LogP contribution in [0.4, 0.5) is 0 Å². The fraction of sp³-hybridized carbons (Fsp3) is 1.00. The van der Waals surface area contributed by atoms with Gasteiger partial charge in [-0.3, -0.25) is 10.0 Å². The van der Waals surface area contributed by atoms with E-state index in [-0.39, 0.29) is 16.5 Å². The van der Waals surface area contributed by atoms with Gasteiger partial charge >= 0.3 is 13.2 Å². The molecule has 3 heteroatoms. The topological polar surface area (TPSA) is 0 Å². The molecule has 0 aromatic rings. The number of rotatable bonds is 4. The van der Waals surface area contributed by atoms with Crippen molar-refractivity contribution in [2.75, 3.05) is 0 Å². The predicted octanol–water partition coefficient (Wildman–Crippen LogP) is 3.53. The summed E-state index contributed by atoms with van der Waals surface area (Å²) in [4.78, 5) is 0. The van der Waals surface area contributed by atoms with E-state index in [2.05, 4.69) is 27.7 Å². The van der Waals surface area contributed by atoms with Gasteiger partial charge in [0.1, 0.15) is 0 Å². The maximum atomic E-state index is 6.21. The van der Waals surface area contributed by atoms with Crippen LogP contribution in [-0.4, -0.2) is 13.2 Å². The zero-order valence-corrected chi connectivity index (χ0v) is 10.7. The molecular formula is C8H18AlClNi. The van der Waals surface area contributed by atoms with Crippen molar-refractivity contribution in [3.05, 3.63) is 0 Å². The Morgan fingerprint density at radius 2 is 1.27 bits per heavy atom. The summed E-state index contributed by atoms with van der Waals surface area (Å²) in [6.45, 7) is 9.01. The smallest absolute Gasteiger partial charge is 0.261 e. The molecule has 0 unspecified atom stereocenters. The SMILES string of the molecule is CC(C)[CH2][Al]([Cl])[CH2]C(C)C.[Ni].